The average molecular weight is 545 g/mol. The number of para-hydroxylation sites is 1. The first-order chi connectivity index (χ1) is 19.1. The largest absolute Gasteiger partial charge is 0.463 e. The van der Waals surface area contributed by atoms with Gasteiger partial charge in [0.1, 0.15) is 11.4 Å². The number of hydrogen-bond acceptors (Lipinski definition) is 5. The average Bonchev–Trinajstić information content (AvgIpc) is 2.91. The van der Waals surface area contributed by atoms with Gasteiger partial charge in [-0.1, -0.05) is 54.6 Å². The molecule has 3 aromatic rings. The highest BCUT2D eigenvalue weighted by molar-refractivity contribution is 5.93. The second-order valence-corrected chi connectivity index (χ2v) is 10.8. The molecule has 1 heterocycles. The standard InChI is InChI=1S/C33H37FN2O4/c1-5-39-30(37)19-18-26-17-16-25(21-28(26)34)23-36(32(38)40-33(2,3)4)29-15-9-13-27-14-10-20-35(31(27)29)22-24-11-7-6-8-12-24/h6-9,11-13,15-19,21H,5,10,14,20,22-23H2,1-4H3/b19-18+. The molecule has 0 atom stereocenters. The number of fused-ring (bicyclic) bond motifs is 1. The van der Waals surface area contributed by atoms with Gasteiger partial charge in [0.25, 0.3) is 0 Å². The Hall–Kier alpha value is -4.13. The molecule has 0 fully saturated rings. The molecule has 1 amide bonds. The monoisotopic (exact) mass is 544 g/mol. The maximum absolute atomic E-state index is 15.0. The van der Waals surface area contributed by atoms with E-state index in [2.05, 4.69) is 23.1 Å². The second kappa shape index (κ2) is 12.8. The van der Waals surface area contributed by atoms with Crippen molar-refractivity contribution in [1.82, 2.24) is 0 Å². The third kappa shape index (κ3) is 7.50. The van der Waals surface area contributed by atoms with Gasteiger partial charge in [0.2, 0.25) is 0 Å². The molecular formula is C33H37FN2O4. The van der Waals surface area contributed by atoms with E-state index in [1.54, 1.807) is 24.0 Å². The fraction of sp³-hybridized carbons (Fsp3) is 0.333. The molecule has 1 aliphatic rings. The van der Waals surface area contributed by atoms with Crippen LogP contribution in [0.4, 0.5) is 20.6 Å². The molecule has 210 valence electrons. The summed E-state index contributed by atoms with van der Waals surface area (Å²) < 4.78 is 25.7. The predicted molar refractivity (Wildman–Crippen MR) is 157 cm³/mol. The molecular weight excluding hydrogens is 507 g/mol. The molecule has 0 saturated carbocycles. The summed E-state index contributed by atoms with van der Waals surface area (Å²) in [6.07, 6.45) is 4.01. The molecule has 0 aliphatic carbocycles. The lowest BCUT2D eigenvalue weighted by Gasteiger charge is -2.36. The van der Waals surface area contributed by atoms with E-state index in [1.165, 1.54) is 29.3 Å². The normalized spacial score (nSPS) is 13.2. The van der Waals surface area contributed by atoms with Crippen molar-refractivity contribution < 1.29 is 23.5 Å². The van der Waals surface area contributed by atoms with E-state index in [-0.39, 0.29) is 18.7 Å². The van der Waals surface area contributed by atoms with Crippen molar-refractivity contribution in [3.63, 3.8) is 0 Å². The first-order valence-electron chi connectivity index (χ1n) is 13.7. The zero-order chi connectivity index (χ0) is 28.7. The van der Waals surface area contributed by atoms with Crippen LogP contribution in [0.15, 0.2) is 72.8 Å². The highest BCUT2D eigenvalue weighted by Gasteiger charge is 2.29. The molecule has 0 spiro atoms. The van der Waals surface area contributed by atoms with Crippen LogP contribution < -0.4 is 9.80 Å². The van der Waals surface area contributed by atoms with Crippen LogP contribution in [0.25, 0.3) is 6.08 Å². The topological polar surface area (TPSA) is 59.1 Å². The SMILES string of the molecule is CCOC(=O)/C=C/c1ccc(CN(C(=O)OC(C)(C)C)c2cccc3c2N(Cc2ccccc2)CCC3)cc1F. The van der Waals surface area contributed by atoms with Gasteiger partial charge >= 0.3 is 12.1 Å². The van der Waals surface area contributed by atoms with E-state index in [1.807, 2.05) is 51.1 Å². The summed E-state index contributed by atoms with van der Waals surface area (Å²) in [6, 6.07) is 21.0. The number of benzene rings is 3. The number of anilines is 2. The molecule has 0 aromatic heterocycles. The summed E-state index contributed by atoms with van der Waals surface area (Å²) in [6.45, 7) is 9.13. The molecule has 1 aliphatic heterocycles. The third-order valence-corrected chi connectivity index (χ3v) is 6.50. The number of carbonyl (C=O) groups is 2. The minimum absolute atomic E-state index is 0.114. The van der Waals surface area contributed by atoms with E-state index in [0.717, 1.165) is 30.8 Å². The summed E-state index contributed by atoms with van der Waals surface area (Å²) in [5.74, 6) is -1.03. The maximum Gasteiger partial charge on any atom is 0.415 e. The Bertz CT molecular complexity index is 1360. The van der Waals surface area contributed by atoms with Crippen LogP contribution in [0.2, 0.25) is 0 Å². The smallest absolute Gasteiger partial charge is 0.415 e. The number of halogens is 1. The number of aryl methyl sites for hydroxylation is 1. The number of carbonyl (C=O) groups excluding carboxylic acids is 2. The van der Waals surface area contributed by atoms with Gasteiger partial charge in [0.05, 0.1) is 24.5 Å². The molecule has 7 heteroatoms. The van der Waals surface area contributed by atoms with Crippen LogP contribution in [-0.4, -0.2) is 30.8 Å². The highest BCUT2D eigenvalue weighted by atomic mass is 19.1. The van der Waals surface area contributed by atoms with Gasteiger partial charge in [-0.2, -0.15) is 0 Å². The molecule has 0 saturated heterocycles. The number of rotatable bonds is 8. The molecule has 0 bridgehead atoms. The summed E-state index contributed by atoms with van der Waals surface area (Å²) >= 11 is 0. The van der Waals surface area contributed by atoms with Crippen molar-refractivity contribution >= 4 is 29.5 Å². The Balaban J connectivity index is 1.69. The third-order valence-electron chi connectivity index (χ3n) is 6.50. The minimum Gasteiger partial charge on any atom is -0.463 e. The van der Waals surface area contributed by atoms with Crippen LogP contribution in [0.1, 0.15) is 56.4 Å². The van der Waals surface area contributed by atoms with Crippen molar-refractivity contribution in [3.8, 4) is 0 Å². The lowest BCUT2D eigenvalue weighted by atomic mass is 9.98. The number of hydrogen-bond donors (Lipinski definition) is 0. The van der Waals surface area contributed by atoms with Gasteiger partial charge in [-0.05, 0) is 75.4 Å². The number of nitrogens with zero attached hydrogens (tertiary/aromatic N) is 2. The lowest BCUT2D eigenvalue weighted by molar-refractivity contribution is -0.137. The fourth-order valence-corrected chi connectivity index (χ4v) is 4.80. The fourth-order valence-electron chi connectivity index (χ4n) is 4.80. The summed E-state index contributed by atoms with van der Waals surface area (Å²) in [4.78, 5) is 29.2. The number of amides is 1. The van der Waals surface area contributed by atoms with Crippen LogP contribution in [0, 0.1) is 5.82 Å². The molecule has 0 unspecified atom stereocenters. The zero-order valence-electron chi connectivity index (χ0n) is 23.7. The van der Waals surface area contributed by atoms with E-state index in [0.29, 0.717) is 12.1 Å². The predicted octanol–water partition coefficient (Wildman–Crippen LogP) is 7.30. The Morgan fingerprint density at radius 3 is 2.50 bits per heavy atom. The van der Waals surface area contributed by atoms with Gasteiger partial charge in [-0.15, -0.1) is 0 Å². The molecule has 3 aromatic carbocycles. The number of esters is 1. The van der Waals surface area contributed by atoms with Gasteiger partial charge in [-0.3, -0.25) is 4.90 Å². The van der Waals surface area contributed by atoms with Crippen molar-refractivity contribution in [3.05, 3.63) is 101 Å². The Labute approximate surface area is 236 Å². The van der Waals surface area contributed by atoms with Crippen LogP contribution in [0.5, 0.6) is 0 Å². The lowest BCUT2D eigenvalue weighted by Crippen LogP contribution is -2.38. The van der Waals surface area contributed by atoms with Crippen LogP contribution >= 0.6 is 0 Å². The highest BCUT2D eigenvalue weighted by Crippen LogP contribution is 2.39. The van der Waals surface area contributed by atoms with Gasteiger partial charge in [0, 0.05) is 24.7 Å². The first-order valence-corrected chi connectivity index (χ1v) is 13.7. The van der Waals surface area contributed by atoms with Gasteiger partial charge < -0.3 is 14.4 Å². The summed E-state index contributed by atoms with van der Waals surface area (Å²) in [5, 5.41) is 0. The minimum atomic E-state index is -0.707. The maximum atomic E-state index is 15.0. The Morgan fingerprint density at radius 2 is 1.80 bits per heavy atom. The van der Waals surface area contributed by atoms with Crippen molar-refractivity contribution in [2.24, 2.45) is 0 Å². The van der Waals surface area contributed by atoms with E-state index >= 15 is 4.39 Å². The number of ether oxygens (including phenoxy) is 2. The van der Waals surface area contributed by atoms with E-state index in [9.17, 15) is 9.59 Å². The van der Waals surface area contributed by atoms with E-state index < -0.39 is 23.5 Å². The van der Waals surface area contributed by atoms with E-state index in [4.69, 9.17) is 9.47 Å². The van der Waals surface area contributed by atoms with Crippen LogP contribution in [0.3, 0.4) is 0 Å². The Morgan fingerprint density at radius 1 is 1.02 bits per heavy atom. The first kappa shape index (κ1) is 28.9. The summed E-state index contributed by atoms with van der Waals surface area (Å²) in [7, 11) is 0. The van der Waals surface area contributed by atoms with Crippen molar-refractivity contribution in [2.75, 3.05) is 23.0 Å². The van der Waals surface area contributed by atoms with Crippen LogP contribution in [-0.2, 0) is 33.8 Å². The molecule has 0 N–H and O–H groups in total. The zero-order valence-corrected chi connectivity index (χ0v) is 23.7. The van der Waals surface area contributed by atoms with Crippen molar-refractivity contribution in [1.29, 1.82) is 0 Å². The molecule has 6 nitrogen and oxygen atoms in total. The van der Waals surface area contributed by atoms with Gasteiger partial charge in [0.15, 0.2) is 0 Å². The van der Waals surface area contributed by atoms with Gasteiger partial charge in [-0.25, -0.2) is 14.0 Å². The second-order valence-electron chi connectivity index (χ2n) is 10.8. The molecule has 40 heavy (non-hydrogen) atoms. The van der Waals surface area contributed by atoms with Crippen molar-refractivity contribution in [2.45, 2.75) is 59.2 Å². The molecule has 0 radical (unpaired) electrons. The molecule has 4 rings (SSSR count). The summed E-state index contributed by atoms with van der Waals surface area (Å²) in [5.41, 5.74) is 4.22. The quantitative estimate of drug-likeness (QED) is 0.220. The Kier molecular flexibility index (Phi) is 9.25.